The number of carbonyl (C=O) groups excluding carboxylic acids is 1. The fourth-order valence-corrected chi connectivity index (χ4v) is 2.46. The van der Waals surface area contributed by atoms with E-state index in [1.54, 1.807) is 26.0 Å². The number of fused-ring (bicyclic) bond motifs is 1. The molecule has 1 amide bonds. The zero-order valence-corrected chi connectivity index (χ0v) is 13.3. The fourth-order valence-electron chi connectivity index (χ4n) is 2.46. The van der Waals surface area contributed by atoms with Crippen molar-refractivity contribution in [1.29, 1.82) is 0 Å². The average Bonchev–Trinajstić information content (AvgIpc) is 2.46. The Kier molecular flexibility index (Phi) is 3.91. The predicted molar refractivity (Wildman–Crippen MR) is 81.8 cm³/mol. The fraction of sp³-hybridized carbons (Fsp3) is 0.467. The second kappa shape index (κ2) is 5.40. The maximum Gasteiger partial charge on any atom is 0.326 e. The highest BCUT2D eigenvalue weighted by Crippen LogP contribution is 2.43. The van der Waals surface area contributed by atoms with Crippen LogP contribution in [0.4, 0.5) is 11.4 Å². The molecule has 1 atom stereocenters. The number of nitrogens with zero attached hydrogens (tertiary/aromatic N) is 1. The van der Waals surface area contributed by atoms with Crippen molar-refractivity contribution in [3.63, 3.8) is 0 Å². The van der Waals surface area contributed by atoms with E-state index in [0.29, 0.717) is 22.9 Å². The molecule has 1 aromatic rings. The lowest BCUT2D eigenvalue weighted by Crippen LogP contribution is -2.58. The van der Waals surface area contributed by atoms with Crippen LogP contribution < -0.4 is 19.7 Å². The van der Waals surface area contributed by atoms with E-state index in [4.69, 9.17) is 9.47 Å². The number of hydrogen-bond acceptors (Lipinski definition) is 5. The van der Waals surface area contributed by atoms with Gasteiger partial charge in [0.25, 0.3) is 5.91 Å². The number of nitrogens with one attached hydrogen (secondary N) is 1. The molecule has 7 nitrogen and oxygen atoms in total. The topological polar surface area (TPSA) is 88.1 Å². The molecule has 1 heterocycles. The van der Waals surface area contributed by atoms with E-state index in [0.717, 1.165) is 0 Å². The maximum absolute atomic E-state index is 12.6. The lowest BCUT2D eigenvalue weighted by molar-refractivity contribution is -0.140. The largest absolute Gasteiger partial charge is 0.493 e. The number of amides is 1. The summed E-state index contributed by atoms with van der Waals surface area (Å²) in [6, 6.07) is 2.31. The third-order valence-electron chi connectivity index (χ3n) is 3.71. The monoisotopic (exact) mass is 308 g/mol. The lowest BCUT2D eigenvalue weighted by Gasteiger charge is -2.41. The van der Waals surface area contributed by atoms with Crippen LogP contribution in [-0.4, -0.2) is 42.8 Å². The highest BCUT2D eigenvalue weighted by atomic mass is 16.5. The minimum Gasteiger partial charge on any atom is -0.493 e. The molecule has 22 heavy (non-hydrogen) atoms. The molecule has 0 bridgehead atoms. The van der Waals surface area contributed by atoms with Crippen LogP contribution >= 0.6 is 0 Å². The van der Waals surface area contributed by atoms with E-state index in [-0.39, 0.29) is 5.91 Å². The van der Waals surface area contributed by atoms with Crippen LogP contribution in [0.15, 0.2) is 12.1 Å². The Balaban J connectivity index is 2.66. The average molecular weight is 308 g/mol. The minimum atomic E-state index is -1.08. The van der Waals surface area contributed by atoms with Crippen molar-refractivity contribution >= 4 is 23.3 Å². The van der Waals surface area contributed by atoms with Gasteiger partial charge in [-0.2, -0.15) is 0 Å². The van der Waals surface area contributed by atoms with Crippen molar-refractivity contribution < 1.29 is 24.2 Å². The van der Waals surface area contributed by atoms with Gasteiger partial charge in [-0.05, 0) is 20.8 Å². The van der Waals surface area contributed by atoms with Gasteiger partial charge in [0.15, 0.2) is 11.5 Å². The van der Waals surface area contributed by atoms with Crippen LogP contribution in [0.25, 0.3) is 0 Å². The van der Waals surface area contributed by atoms with Crippen LogP contribution in [0.5, 0.6) is 11.5 Å². The number of carbonyl (C=O) groups is 2. The van der Waals surface area contributed by atoms with Crippen molar-refractivity contribution in [2.45, 2.75) is 32.4 Å². The Hall–Kier alpha value is -2.44. The second-order valence-electron chi connectivity index (χ2n) is 5.66. The molecule has 0 aliphatic carbocycles. The summed E-state index contributed by atoms with van der Waals surface area (Å²) in [5, 5.41) is 12.4. The van der Waals surface area contributed by atoms with Crippen molar-refractivity contribution in [2.75, 3.05) is 24.4 Å². The van der Waals surface area contributed by atoms with Gasteiger partial charge in [-0.3, -0.25) is 9.69 Å². The van der Waals surface area contributed by atoms with Gasteiger partial charge in [-0.1, -0.05) is 0 Å². The minimum absolute atomic E-state index is 0.317. The Labute approximate surface area is 128 Å². The van der Waals surface area contributed by atoms with Crippen molar-refractivity contribution in [2.24, 2.45) is 0 Å². The molecule has 0 aromatic heterocycles. The highest BCUT2D eigenvalue weighted by molar-refractivity contribution is 6.10. The van der Waals surface area contributed by atoms with Crippen molar-refractivity contribution in [1.82, 2.24) is 0 Å². The van der Waals surface area contributed by atoms with E-state index < -0.39 is 17.6 Å². The van der Waals surface area contributed by atoms with Gasteiger partial charge in [0.2, 0.25) is 0 Å². The van der Waals surface area contributed by atoms with Gasteiger partial charge >= 0.3 is 5.97 Å². The molecule has 0 spiro atoms. The van der Waals surface area contributed by atoms with Gasteiger partial charge in [-0.15, -0.1) is 0 Å². The molecule has 1 aromatic carbocycles. The summed E-state index contributed by atoms with van der Waals surface area (Å²) in [5.41, 5.74) is 0.156. The molecule has 1 aliphatic rings. The van der Waals surface area contributed by atoms with E-state index in [1.807, 2.05) is 0 Å². The van der Waals surface area contributed by atoms with Gasteiger partial charge in [-0.25, -0.2) is 4.79 Å². The first-order valence-corrected chi connectivity index (χ1v) is 6.83. The number of benzene rings is 1. The summed E-state index contributed by atoms with van der Waals surface area (Å²) in [6.07, 6.45) is 0. The molecule has 0 saturated carbocycles. The molecule has 1 aliphatic heterocycles. The van der Waals surface area contributed by atoms with Crippen molar-refractivity contribution in [3.8, 4) is 11.5 Å². The molecular formula is C15H20N2O5. The van der Waals surface area contributed by atoms with Crippen LogP contribution in [0.2, 0.25) is 0 Å². The summed E-state index contributed by atoms with van der Waals surface area (Å²) >= 11 is 0. The summed E-state index contributed by atoms with van der Waals surface area (Å²) in [5.74, 6) is -0.464. The van der Waals surface area contributed by atoms with Gasteiger partial charge in [0.1, 0.15) is 11.6 Å². The first-order valence-electron chi connectivity index (χ1n) is 6.83. The normalized spacial score (nSPS) is 17.3. The maximum atomic E-state index is 12.6. The van der Waals surface area contributed by atoms with E-state index in [2.05, 4.69) is 5.32 Å². The molecule has 0 fully saturated rings. The summed E-state index contributed by atoms with van der Waals surface area (Å²) in [6.45, 7) is 4.88. The molecule has 7 heteroatoms. The van der Waals surface area contributed by atoms with E-state index in [1.165, 1.54) is 26.0 Å². The number of carboxylic acid groups (broad SMARTS) is 1. The molecule has 120 valence electrons. The lowest BCUT2D eigenvalue weighted by atomic mass is 9.96. The number of carboxylic acids is 1. The number of anilines is 2. The zero-order chi connectivity index (χ0) is 16.7. The summed E-state index contributed by atoms with van der Waals surface area (Å²) in [4.78, 5) is 25.3. The third kappa shape index (κ3) is 2.43. The smallest absolute Gasteiger partial charge is 0.326 e. The number of hydrogen-bond donors (Lipinski definition) is 2. The Morgan fingerprint density at radius 2 is 1.82 bits per heavy atom. The van der Waals surface area contributed by atoms with Crippen LogP contribution in [0.1, 0.15) is 20.8 Å². The molecule has 2 N–H and O–H groups in total. The van der Waals surface area contributed by atoms with Crippen LogP contribution in [0.3, 0.4) is 0 Å². The third-order valence-corrected chi connectivity index (χ3v) is 3.71. The summed E-state index contributed by atoms with van der Waals surface area (Å²) < 4.78 is 10.5. The quantitative estimate of drug-likeness (QED) is 0.880. The first-order chi connectivity index (χ1) is 10.2. The summed E-state index contributed by atoms with van der Waals surface area (Å²) in [7, 11) is 3.00. The number of aliphatic carboxylic acids is 1. The van der Waals surface area contributed by atoms with E-state index in [9.17, 15) is 14.7 Å². The zero-order valence-electron chi connectivity index (χ0n) is 13.3. The Morgan fingerprint density at radius 3 is 2.32 bits per heavy atom. The standard InChI is InChI=1S/C15H20N2O5/c1-8(13(18)19)17-10-7-12(22-5)11(21-4)6-9(10)16-15(2,3)14(17)20/h6-8,16H,1-5H3,(H,18,19). The van der Waals surface area contributed by atoms with Gasteiger partial charge in [0, 0.05) is 12.1 Å². The number of ether oxygens (including phenoxy) is 2. The molecule has 0 saturated heterocycles. The van der Waals surface area contributed by atoms with E-state index >= 15 is 0 Å². The van der Waals surface area contributed by atoms with Crippen LogP contribution in [-0.2, 0) is 9.59 Å². The number of methoxy groups -OCH3 is 2. The van der Waals surface area contributed by atoms with Crippen LogP contribution in [0, 0.1) is 0 Å². The first kappa shape index (κ1) is 15.9. The number of rotatable bonds is 4. The molecule has 1 unspecified atom stereocenters. The second-order valence-corrected chi connectivity index (χ2v) is 5.66. The SMILES string of the molecule is COc1cc2c(cc1OC)N(C(C)C(=O)O)C(=O)C(C)(C)N2. The molecule has 2 rings (SSSR count). The molecule has 0 radical (unpaired) electrons. The van der Waals surface area contributed by atoms with Crippen molar-refractivity contribution in [3.05, 3.63) is 12.1 Å². The molecular weight excluding hydrogens is 288 g/mol. The van der Waals surface area contributed by atoms with Gasteiger partial charge < -0.3 is 19.9 Å². The Bertz CT molecular complexity index is 627. The Morgan fingerprint density at radius 1 is 1.27 bits per heavy atom. The predicted octanol–water partition coefficient (Wildman–Crippen LogP) is 1.71. The highest BCUT2D eigenvalue weighted by Gasteiger charge is 2.43. The van der Waals surface area contributed by atoms with Gasteiger partial charge in [0.05, 0.1) is 25.6 Å².